The number of carbonyl (C=O) groups excluding carboxylic acids is 1. The van der Waals surface area contributed by atoms with E-state index in [0.29, 0.717) is 21.3 Å². The summed E-state index contributed by atoms with van der Waals surface area (Å²) >= 11 is 3.36. The summed E-state index contributed by atoms with van der Waals surface area (Å²) in [6.45, 7) is 7.02. The SMILES string of the molecule is CC(C)(C)OC(=O)N1C[C@@](C)(COS(C)(=O)=O)c2cc(Br)cc(C#N)c21.S. The van der Waals surface area contributed by atoms with Gasteiger partial charge in [0.1, 0.15) is 11.7 Å². The van der Waals surface area contributed by atoms with Crippen molar-refractivity contribution in [3.63, 3.8) is 0 Å². The Labute approximate surface area is 175 Å². The molecule has 1 heterocycles. The first-order chi connectivity index (χ1) is 11.8. The highest BCUT2D eigenvalue weighted by atomic mass is 79.9. The fourth-order valence-electron chi connectivity index (χ4n) is 2.78. The Morgan fingerprint density at radius 1 is 1.41 bits per heavy atom. The number of hydrogen-bond donors (Lipinski definition) is 0. The Kier molecular flexibility index (Phi) is 7.03. The van der Waals surface area contributed by atoms with Crippen LogP contribution in [0.2, 0.25) is 0 Å². The van der Waals surface area contributed by atoms with Gasteiger partial charge in [-0.15, -0.1) is 0 Å². The van der Waals surface area contributed by atoms with Crippen LogP contribution < -0.4 is 4.90 Å². The Balaban J connectivity index is 0.00000364. The quantitative estimate of drug-likeness (QED) is 0.617. The number of amides is 1. The van der Waals surface area contributed by atoms with Crippen molar-refractivity contribution in [2.24, 2.45) is 0 Å². The van der Waals surface area contributed by atoms with Gasteiger partial charge < -0.3 is 4.74 Å². The highest BCUT2D eigenvalue weighted by Crippen LogP contribution is 2.45. The lowest BCUT2D eigenvalue weighted by molar-refractivity contribution is 0.0576. The molecule has 2 rings (SSSR count). The largest absolute Gasteiger partial charge is 0.443 e. The van der Waals surface area contributed by atoms with Crippen LogP contribution in [-0.4, -0.2) is 39.5 Å². The first kappa shape index (κ1) is 23.8. The molecule has 0 aromatic heterocycles. The van der Waals surface area contributed by atoms with E-state index in [2.05, 4.69) is 22.0 Å². The third kappa shape index (κ3) is 5.60. The minimum atomic E-state index is -3.66. The van der Waals surface area contributed by atoms with Gasteiger partial charge in [-0.3, -0.25) is 9.08 Å². The molecule has 0 aliphatic carbocycles. The van der Waals surface area contributed by atoms with E-state index in [1.807, 2.05) is 0 Å². The number of nitrogens with zero attached hydrogens (tertiary/aromatic N) is 2. The minimum absolute atomic E-state index is 0. The number of hydrogen-bond acceptors (Lipinski definition) is 6. The van der Waals surface area contributed by atoms with Gasteiger partial charge in [0, 0.05) is 16.4 Å². The molecule has 0 bridgehead atoms. The maximum absolute atomic E-state index is 12.7. The van der Waals surface area contributed by atoms with Crippen LogP contribution in [0.1, 0.15) is 38.8 Å². The second kappa shape index (κ2) is 7.99. The van der Waals surface area contributed by atoms with E-state index in [1.54, 1.807) is 39.8 Å². The van der Waals surface area contributed by atoms with E-state index in [4.69, 9.17) is 8.92 Å². The van der Waals surface area contributed by atoms with Crippen LogP contribution in [0.3, 0.4) is 0 Å². The third-order valence-electron chi connectivity index (χ3n) is 3.83. The molecule has 1 aliphatic heterocycles. The van der Waals surface area contributed by atoms with Gasteiger partial charge in [-0.25, -0.2) is 4.79 Å². The van der Waals surface area contributed by atoms with Crippen LogP contribution in [-0.2, 0) is 24.5 Å². The number of ether oxygens (including phenoxy) is 1. The summed E-state index contributed by atoms with van der Waals surface area (Å²) in [5, 5.41) is 9.51. The number of benzene rings is 1. The maximum atomic E-state index is 12.7. The fourth-order valence-corrected chi connectivity index (χ4v) is 3.71. The standard InChI is InChI=1S/C17H21BrN2O5S.H2S/c1-16(2,3)25-15(21)20-9-17(4,10-24-26(5,22)23)13-7-12(18)6-11(8-19)14(13)20;/h6-7H,9-10H2,1-5H3;1H2/t17-;/m0./s1. The van der Waals surface area contributed by atoms with Crippen molar-refractivity contribution in [2.45, 2.75) is 38.7 Å². The molecule has 0 fully saturated rings. The highest BCUT2D eigenvalue weighted by molar-refractivity contribution is 9.10. The monoisotopic (exact) mass is 478 g/mol. The van der Waals surface area contributed by atoms with Crippen LogP contribution in [0.5, 0.6) is 0 Å². The normalized spacial score (nSPS) is 19.1. The van der Waals surface area contributed by atoms with E-state index in [0.717, 1.165) is 6.26 Å². The topological polar surface area (TPSA) is 96.7 Å². The van der Waals surface area contributed by atoms with E-state index in [1.165, 1.54) is 4.90 Å². The first-order valence-corrected chi connectivity index (χ1v) is 10.5. The predicted octanol–water partition coefficient (Wildman–Crippen LogP) is 3.42. The van der Waals surface area contributed by atoms with E-state index in [9.17, 15) is 18.5 Å². The smallest absolute Gasteiger partial charge is 0.414 e. The third-order valence-corrected chi connectivity index (χ3v) is 4.83. The lowest BCUT2D eigenvalue weighted by Gasteiger charge is -2.27. The summed E-state index contributed by atoms with van der Waals surface area (Å²) < 4.78 is 34.0. The number of fused-ring (bicyclic) bond motifs is 1. The molecule has 1 aliphatic rings. The molecule has 27 heavy (non-hydrogen) atoms. The summed E-state index contributed by atoms with van der Waals surface area (Å²) in [5.41, 5.74) is -0.155. The Morgan fingerprint density at radius 2 is 2.00 bits per heavy atom. The summed E-state index contributed by atoms with van der Waals surface area (Å²) in [4.78, 5) is 14.1. The zero-order valence-corrected chi connectivity index (χ0v) is 19.2. The number of halogens is 1. The number of anilines is 1. The first-order valence-electron chi connectivity index (χ1n) is 7.85. The van der Waals surface area contributed by atoms with Crippen LogP contribution >= 0.6 is 29.4 Å². The summed E-state index contributed by atoms with van der Waals surface area (Å²) in [6, 6.07) is 5.47. The van der Waals surface area contributed by atoms with Crippen LogP contribution in [0.4, 0.5) is 10.5 Å². The van der Waals surface area contributed by atoms with Crippen LogP contribution in [0.15, 0.2) is 16.6 Å². The van der Waals surface area contributed by atoms with Crippen LogP contribution in [0, 0.1) is 11.3 Å². The molecule has 0 spiro atoms. The molecule has 1 aromatic carbocycles. The lowest BCUT2D eigenvalue weighted by atomic mass is 9.85. The predicted molar refractivity (Wildman–Crippen MR) is 111 cm³/mol. The highest BCUT2D eigenvalue weighted by Gasteiger charge is 2.45. The second-order valence-electron chi connectivity index (χ2n) is 7.55. The molecule has 0 N–H and O–H groups in total. The molecule has 1 aromatic rings. The van der Waals surface area contributed by atoms with Gasteiger partial charge in [0.05, 0.1) is 24.1 Å². The Hall–Kier alpha value is -1.28. The van der Waals surface area contributed by atoms with E-state index >= 15 is 0 Å². The lowest BCUT2D eigenvalue weighted by Crippen LogP contribution is -2.41. The molecule has 0 radical (unpaired) electrons. The van der Waals surface area contributed by atoms with E-state index in [-0.39, 0.29) is 26.6 Å². The Bertz CT molecular complexity index is 890. The van der Waals surface area contributed by atoms with Gasteiger partial charge >= 0.3 is 6.09 Å². The number of carbonyl (C=O) groups is 1. The summed E-state index contributed by atoms with van der Waals surface area (Å²) in [5.74, 6) is 0. The van der Waals surface area contributed by atoms with Crippen molar-refractivity contribution >= 4 is 51.3 Å². The van der Waals surface area contributed by atoms with Gasteiger partial charge in [0.2, 0.25) is 0 Å². The van der Waals surface area contributed by atoms with Gasteiger partial charge in [-0.05, 0) is 38.5 Å². The fraction of sp³-hybridized carbons (Fsp3) is 0.529. The summed E-state index contributed by atoms with van der Waals surface area (Å²) in [6.07, 6.45) is 0.375. The molecular weight excluding hydrogens is 456 g/mol. The Morgan fingerprint density at radius 3 is 2.48 bits per heavy atom. The van der Waals surface area contributed by atoms with Crippen molar-refractivity contribution in [1.29, 1.82) is 5.26 Å². The van der Waals surface area contributed by atoms with Crippen molar-refractivity contribution in [2.75, 3.05) is 24.3 Å². The number of rotatable bonds is 3. The maximum Gasteiger partial charge on any atom is 0.414 e. The molecule has 0 saturated heterocycles. The minimum Gasteiger partial charge on any atom is -0.443 e. The van der Waals surface area contributed by atoms with Crippen LogP contribution in [0.25, 0.3) is 0 Å². The van der Waals surface area contributed by atoms with E-state index < -0.39 is 27.2 Å². The van der Waals surface area contributed by atoms with Crippen molar-refractivity contribution in [3.8, 4) is 6.07 Å². The van der Waals surface area contributed by atoms with Crippen molar-refractivity contribution in [1.82, 2.24) is 0 Å². The average Bonchev–Trinajstić information content (AvgIpc) is 2.76. The molecule has 0 saturated carbocycles. The number of nitriles is 1. The molecule has 150 valence electrons. The zero-order valence-electron chi connectivity index (χ0n) is 15.8. The molecule has 1 atom stereocenters. The molecule has 0 unspecified atom stereocenters. The zero-order chi connectivity index (χ0) is 19.9. The van der Waals surface area contributed by atoms with Crippen molar-refractivity contribution in [3.05, 3.63) is 27.7 Å². The molecular formula is C17H23BrN2O5S2. The summed E-state index contributed by atoms with van der Waals surface area (Å²) in [7, 11) is -3.66. The van der Waals surface area contributed by atoms with Crippen molar-refractivity contribution < 1.29 is 22.1 Å². The molecule has 1 amide bonds. The molecule has 10 heteroatoms. The van der Waals surface area contributed by atoms with Gasteiger partial charge in [0.25, 0.3) is 10.1 Å². The second-order valence-corrected chi connectivity index (χ2v) is 10.1. The average molecular weight is 479 g/mol. The van der Waals surface area contributed by atoms with Gasteiger partial charge in [-0.1, -0.05) is 22.9 Å². The van der Waals surface area contributed by atoms with Gasteiger partial charge in [0.15, 0.2) is 0 Å². The van der Waals surface area contributed by atoms with Gasteiger partial charge in [-0.2, -0.15) is 27.2 Å². The molecule has 7 nitrogen and oxygen atoms in total.